The number of benzene rings is 1. The first-order chi connectivity index (χ1) is 8.56. The van der Waals surface area contributed by atoms with Gasteiger partial charge in [-0.3, -0.25) is 4.79 Å². The van der Waals surface area contributed by atoms with E-state index in [-0.39, 0.29) is 13.0 Å². The topological polar surface area (TPSA) is 67.2 Å². The summed E-state index contributed by atoms with van der Waals surface area (Å²) in [5.74, 6) is -1.18. The van der Waals surface area contributed by atoms with Crippen LogP contribution in [-0.4, -0.2) is 18.4 Å². The smallest absolute Gasteiger partial charge is 0.334 e. The lowest BCUT2D eigenvalue weighted by molar-refractivity contribution is -0.149. The van der Waals surface area contributed by atoms with Gasteiger partial charge in [0, 0.05) is 12.0 Å². The summed E-state index contributed by atoms with van der Waals surface area (Å²) in [4.78, 5) is 24.3. The van der Waals surface area contributed by atoms with Gasteiger partial charge < -0.3 is 4.74 Å². The van der Waals surface area contributed by atoms with Crippen molar-refractivity contribution in [1.82, 2.24) is 0 Å². The Morgan fingerprint density at radius 2 is 2.28 bits per heavy atom. The van der Waals surface area contributed by atoms with Crippen LogP contribution in [0.4, 0.5) is 0 Å². The Labute approximate surface area is 105 Å². The highest BCUT2D eigenvalue weighted by molar-refractivity contribution is 6.18. The standard InChI is InChI=1S/C14H13NO3/c1-3-18-13(17)14(8-15)7-10-6-4-5-9(2)11(10)12(14)16/h4-6H,3,7H2,1-2H3. The number of hydrogen-bond donors (Lipinski definition) is 0. The molecule has 0 bridgehead atoms. The van der Waals surface area contributed by atoms with Crippen molar-refractivity contribution in [3.63, 3.8) is 0 Å². The second-order valence-corrected chi connectivity index (χ2v) is 4.35. The van der Waals surface area contributed by atoms with Crippen molar-refractivity contribution in [1.29, 1.82) is 5.26 Å². The van der Waals surface area contributed by atoms with Crippen molar-refractivity contribution in [2.75, 3.05) is 6.61 Å². The molecular formula is C14H13NO3. The van der Waals surface area contributed by atoms with Crippen LogP contribution in [0.3, 0.4) is 0 Å². The molecule has 0 saturated carbocycles. The van der Waals surface area contributed by atoms with E-state index < -0.39 is 17.2 Å². The van der Waals surface area contributed by atoms with E-state index in [9.17, 15) is 14.9 Å². The number of carbonyl (C=O) groups excluding carboxylic acids is 2. The highest BCUT2D eigenvalue weighted by atomic mass is 16.5. The first kappa shape index (κ1) is 12.3. The summed E-state index contributed by atoms with van der Waals surface area (Å²) in [5.41, 5.74) is 0.338. The van der Waals surface area contributed by atoms with Gasteiger partial charge in [0.2, 0.25) is 5.41 Å². The average molecular weight is 243 g/mol. The largest absolute Gasteiger partial charge is 0.464 e. The minimum atomic E-state index is -1.69. The van der Waals surface area contributed by atoms with Gasteiger partial charge in [0.05, 0.1) is 12.7 Å². The van der Waals surface area contributed by atoms with E-state index in [4.69, 9.17) is 4.74 Å². The van der Waals surface area contributed by atoms with Crippen molar-refractivity contribution in [3.8, 4) is 6.07 Å². The lowest BCUT2D eigenvalue weighted by atomic mass is 9.85. The normalized spacial score (nSPS) is 21.3. The van der Waals surface area contributed by atoms with Crippen molar-refractivity contribution in [2.24, 2.45) is 5.41 Å². The number of fused-ring (bicyclic) bond motifs is 1. The van der Waals surface area contributed by atoms with Gasteiger partial charge in [0.1, 0.15) is 0 Å². The number of ether oxygens (including phenoxy) is 1. The Morgan fingerprint density at radius 1 is 1.56 bits per heavy atom. The summed E-state index contributed by atoms with van der Waals surface area (Å²) in [6.45, 7) is 3.61. The Bertz CT molecular complexity index is 571. The van der Waals surface area contributed by atoms with Crippen molar-refractivity contribution >= 4 is 11.8 Å². The number of aryl methyl sites for hydroxylation is 1. The number of esters is 1. The molecule has 1 aromatic carbocycles. The fraction of sp³-hybridized carbons (Fsp3) is 0.357. The van der Waals surface area contributed by atoms with Crippen LogP contribution in [0.15, 0.2) is 18.2 Å². The van der Waals surface area contributed by atoms with Crippen LogP contribution in [0, 0.1) is 23.7 Å². The van der Waals surface area contributed by atoms with E-state index >= 15 is 0 Å². The second kappa shape index (κ2) is 4.26. The molecule has 0 heterocycles. The molecular weight excluding hydrogens is 230 g/mol. The summed E-state index contributed by atoms with van der Waals surface area (Å²) in [7, 11) is 0. The molecule has 0 spiro atoms. The van der Waals surface area contributed by atoms with E-state index in [1.165, 1.54) is 0 Å². The summed E-state index contributed by atoms with van der Waals surface area (Å²) in [6.07, 6.45) is 0.109. The molecule has 0 aromatic heterocycles. The molecule has 0 N–H and O–H groups in total. The Morgan fingerprint density at radius 3 is 2.83 bits per heavy atom. The molecule has 2 rings (SSSR count). The van der Waals surface area contributed by atoms with Gasteiger partial charge in [0.15, 0.2) is 5.78 Å². The fourth-order valence-electron chi connectivity index (χ4n) is 2.34. The van der Waals surface area contributed by atoms with E-state index in [0.29, 0.717) is 5.56 Å². The molecule has 0 radical (unpaired) electrons. The summed E-state index contributed by atoms with van der Waals surface area (Å²) < 4.78 is 4.88. The Balaban J connectivity index is 2.53. The van der Waals surface area contributed by atoms with Gasteiger partial charge in [0.25, 0.3) is 0 Å². The predicted molar refractivity (Wildman–Crippen MR) is 63.9 cm³/mol. The zero-order chi connectivity index (χ0) is 13.3. The maximum Gasteiger partial charge on any atom is 0.334 e. The monoisotopic (exact) mass is 243 g/mol. The Hall–Kier alpha value is -2.15. The lowest BCUT2D eigenvalue weighted by Gasteiger charge is -2.16. The van der Waals surface area contributed by atoms with Gasteiger partial charge >= 0.3 is 5.97 Å². The second-order valence-electron chi connectivity index (χ2n) is 4.35. The van der Waals surface area contributed by atoms with Gasteiger partial charge in [-0.1, -0.05) is 18.2 Å². The van der Waals surface area contributed by atoms with Crippen molar-refractivity contribution in [2.45, 2.75) is 20.3 Å². The van der Waals surface area contributed by atoms with E-state index in [2.05, 4.69) is 0 Å². The predicted octanol–water partition coefficient (Wildman–Crippen LogP) is 1.81. The molecule has 92 valence electrons. The molecule has 1 aromatic rings. The average Bonchev–Trinajstić information content (AvgIpc) is 2.65. The van der Waals surface area contributed by atoms with Gasteiger partial charge in [-0.25, -0.2) is 4.79 Å². The van der Waals surface area contributed by atoms with Crippen molar-refractivity contribution in [3.05, 3.63) is 34.9 Å². The van der Waals surface area contributed by atoms with Crippen LogP contribution in [0.2, 0.25) is 0 Å². The molecule has 1 atom stereocenters. The SMILES string of the molecule is CCOC(=O)C1(C#N)Cc2cccc(C)c2C1=O. The van der Waals surface area contributed by atoms with Gasteiger partial charge in [-0.05, 0) is 25.0 Å². The van der Waals surface area contributed by atoms with Crippen LogP contribution in [0.25, 0.3) is 0 Å². The zero-order valence-electron chi connectivity index (χ0n) is 10.3. The first-order valence-corrected chi connectivity index (χ1v) is 5.78. The fourth-order valence-corrected chi connectivity index (χ4v) is 2.34. The maximum atomic E-state index is 12.4. The van der Waals surface area contributed by atoms with E-state index in [0.717, 1.165) is 11.1 Å². The minimum Gasteiger partial charge on any atom is -0.464 e. The third kappa shape index (κ3) is 1.52. The molecule has 0 saturated heterocycles. The molecule has 0 amide bonds. The zero-order valence-corrected chi connectivity index (χ0v) is 10.3. The summed E-state index contributed by atoms with van der Waals surface area (Å²) in [6, 6.07) is 7.26. The third-order valence-corrected chi connectivity index (χ3v) is 3.24. The molecule has 0 fully saturated rings. The molecule has 1 unspecified atom stereocenters. The minimum absolute atomic E-state index is 0.109. The number of Topliss-reactive ketones (excluding diaryl/α,β-unsaturated/α-hetero) is 1. The molecule has 1 aliphatic rings. The molecule has 18 heavy (non-hydrogen) atoms. The molecule has 1 aliphatic carbocycles. The number of carbonyl (C=O) groups is 2. The van der Waals surface area contributed by atoms with Crippen LogP contribution in [0.5, 0.6) is 0 Å². The lowest BCUT2D eigenvalue weighted by Crippen LogP contribution is -2.37. The summed E-state index contributed by atoms with van der Waals surface area (Å²) >= 11 is 0. The number of nitrogens with zero attached hydrogens (tertiary/aromatic N) is 1. The number of hydrogen-bond acceptors (Lipinski definition) is 4. The van der Waals surface area contributed by atoms with E-state index in [1.807, 2.05) is 12.1 Å². The molecule has 4 nitrogen and oxygen atoms in total. The van der Waals surface area contributed by atoms with Crippen LogP contribution in [0.1, 0.15) is 28.4 Å². The van der Waals surface area contributed by atoms with Crippen LogP contribution < -0.4 is 0 Å². The Kier molecular flexibility index (Phi) is 2.92. The number of rotatable bonds is 2. The van der Waals surface area contributed by atoms with Gasteiger partial charge in [-0.15, -0.1) is 0 Å². The van der Waals surface area contributed by atoms with Gasteiger partial charge in [-0.2, -0.15) is 5.26 Å². The van der Waals surface area contributed by atoms with Crippen molar-refractivity contribution < 1.29 is 14.3 Å². The van der Waals surface area contributed by atoms with Crippen LogP contribution in [-0.2, 0) is 16.0 Å². The third-order valence-electron chi connectivity index (χ3n) is 3.24. The number of ketones is 1. The quantitative estimate of drug-likeness (QED) is 0.586. The maximum absolute atomic E-state index is 12.4. The first-order valence-electron chi connectivity index (χ1n) is 5.78. The summed E-state index contributed by atoms with van der Waals surface area (Å²) in [5, 5.41) is 9.28. The molecule has 0 aliphatic heterocycles. The van der Waals surface area contributed by atoms with Crippen LogP contribution >= 0.6 is 0 Å². The highest BCUT2D eigenvalue weighted by Gasteiger charge is 2.54. The number of nitriles is 1. The highest BCUT2D eigenvalue weighted by Crippen LogP contribution is 2.39. The van der Waals surface area contributed by atoms with E-state index in [1.54, 1.807) is 26.0 Å². The molecule has 4 heteroatoms.